The Bertz CT molecular complexity index is 1430. The van der Waals surface area contributed by atoms with Crippen LogP contribution in [0, 0.1) is 35.4 Å². The van der Waals surface area contributed by atoms with Crippen LogP contribution in [0.1, 0.15) is 36.8 Å². The third-order valence-corrected chi connectivity index (χ3v) is 7.59. The highest BCUT2D eigenvalue weighted by atomic mass is 19.1. The SMILES string of the molecule is O=C(O)C1C2CCC(CC2)C1NC1C=C(C#Cc2ccccc2)N=C(c2c[nH]c3ncc(F)cc23)N1. The Morgan fingerprint density at radius 3 is 2.67 bits per heavy atom. The molecular formula is C28H26FN5O2. The van der Waals surface area contributed by atoms with Crippen LogP contribution < -0.4 is 10.6 Å². The number of rotatable bonds is 4. The summed E-state index contributed by atoms with van der Waals surface area (Å²) in [5, 5.41) is 17.6. The van der Waals surface area contributed by atoms with Crippen LogP contribution in [-0.4, -0.2) is 39.1 Å². The van der Waals surface area contributed by atoms with Crippen molar-refractivity contribution in [1.82, 2.24) is 20.6 Å². The maximum Gasteiger partial charge on any atom is 0.308 e. The highest BCUT2D eigenvalue weighted by molar-refractivity contribution is 6.10. The number of fused-ring (bicyclic) bond motifs is 4. The molecule has 4 N–H and O–H groups in total. The van der Waals surface area contributed by atoms with E-state index in [0.29, 0.717) is 34.0 Å². The Balaban J connectivity index is 1.36. The van der Waals surface area contributed by atoms with E-state index in [0.717, 1.165) is 31.2 Å². The van der Waals surface area contributed by atoms with E-state index < -0.39 is 17.7 Å². The minimum absolute atomic E-state index is 0.145. The predicted molar refractivity (Wildman–Crippen MR) is 134 cm³/mol. The molecule has 4 aliphatic rings. The lowest BCUT2D eigenvalue weighted by atomic mass is 9.61. The molecule has 3 unspecified atom stereocenters. The highest BCUT2D eigenvalue weighted by Crippen LogP contribution is 2.45. The number of benzene rings is 1. The van der Waals surface area contributed by atoms with Crippen molar-refractivity contribution in [3.05, 3.63) is 77.5 Å². The van der Waals surface area contributed by atoms with E-state index in [1.165, 1.54) is 12.3 Å². The van der Waals surface area contributed by atoms with E-state index in [4.69, 9.17) is 4.99 Å². The smallest absolute Gasteiger partial charge is 0.308 e. The quantitative estimate of drug-likeness (QED) is 0.423. The van der Waals surface area contributed by atoms with Gasteiger partial charge in [-0.05, 0) is 67.7 Å². The van der Waals surface area contributed by atoms with E-state index in [2.05, 4.69) is 32.4 Å². The van der Waals surface area contributed by atoms with Gasteiger partial charge in [0.15, 0.2) is 0 Å². The number of amidine groups is 1. The Labute approximate surface area is 207 Å². The number of carboxylic acids is 1. The maximum absolute atomic E-state index is 14.0. The van der Waals surface area contributed by atoms with Crippen molar-refractivity contribution in [3.8, 4) is 11.8 Å². The zero-order valence-corrected chi connectivity index (χ0v) is 19.5. The molecule has 7 rings (SSSR count). The molecule has 3 aromatic rings. The molecule has 0 saturated heterocycles. The predicted octanol–water partition coefficient (Wildman–Crippen LogP) is 3.79. The monoisotopic (exact) mass is 483 g/mol. The van der Waals surface area contributed by atoms with Gasteiger partial charge in [-0.3, -0.25) is 10.1 Å². The fourth-order valence-electron chi connectivity index (χ4n) is 5.92. The van der Waals surface area contributed by atoms with Crippen LogP contribution >= 0.6 is 0 Å². The van der Waals surface area contributed by atoms with Crippen molar-refractivity contribution in [1.29, 1.82) is 0 Å². The summed E-state index contributed by atoms with van der Waals surface area (Å²) in [5.41, 5.74) is 2.65. The molecule has 3 fully saturated rings. The lowest BCUT2D eigenvalue weighted by Crippen LogP contribution is -2.60. The van der Waals surface area contributed by atoms with Gasteiger partial charge in [0.25, 0.3) is 0 Å². The first kappa shape index (κ1) is 22.5. The fraction of sp³-hybridized carbons (Fsp3) is 0.321. The number of nitrogens with one attached hydrogen (secondary N) is 3. The van der Waals surface area contributed by atoms with Gasteiger partial charge in [-0.25, -0.2) is 14.4 Å². The summed E-state index contributed by atoms with van der Waals surface area (Å²) in [4.78, 5) is 24.1. The normalized spacial score (nSPS) is 27.0. The van der Waals surface area contributed by atoms with Crippen LogP contribution in [-0.2, 0) is 4.79 Å². The molecule has 1 aromatic carbocycles. The minimum Gasteiger partial charge on any atom is -0.481 e. The lowest BCUT2D eigenvalue weighted by molar-refractivity contribution is -0.149. The number of carboxylic acid groups (broad SMARTS) is 1. The number of pyridine rings is 1. The third kappa shape index (κ3) is 4.27. The number of hydrogen-bond acceptors (Lipinski definition) is 5. The zero-order valence-electron chi connectivity index (χ0n) is 19.5. The second-order valence-corrected chi connectivity index (χ2v) is 9.73. The van der Waals surface area contributed by atoms with E-state index in [9.17, 15) is 14.3 Å². The van der Waals surface area contributed by atoms with Gasteiger partial charge >= 0.3 is 5.97 Å². The van der Waals surface area contributed by atoms with Crippen molar-refractivity contribution >= 4 is 22.8 Å². The van der Waals surface area contributed by atoms with Gasteiger partial charge < -0.3 is 15.4 Å². The number of halogens is 1. The van der Waals surface area contributed by atoms with Gasteiger partial charge in [0.1, 0.15) is 29.2 Å². The molecule has 0 amide bonds. The van der Waals surface area contributed by atoms with Crippen LogP contribution in [0.4, 0.5) is 4.39 Å². The van der Waals surface area contributed by atoms with E-state index >= 15 is 0 Å². The topological polar surface area (TPSA) is 102 Å². The Morgan fingerprint density at radius 2 is 1.89 bits per heavy atom. The van der Waals surface area contributed by atoms with Crippen LogP contribution in [0.2, 0.25) is 0 Å². The average molecular weight is 484 g/mol. The Hall–Kier alpha value is -3.96. The van der Waals surface area contributed by atoms with Crippen LogP contribution in [0.3, 0.4) is 0 Å². The first-order valence-corrected chi connectivity index (χ1v) is 12.3. The van der Waals surface area contributed by atoms with Crippen molar-refractivity contribution < 1.29 is 14.3 Å². The van der Waals surface area contributed by atoms with Crippen molar-refractivity contribution in [3.63, 3.8) is 0 Å². The van der Waals surface area contributed by atoms with Crippen LogP contribution in [0.5, 0.6) is 0 Å². The van der Waals surface area contributed by atoms with Crippen molar-refractivity contribution in [2.24, 2.45) is 22.7 Å². The van der Waals surface area contributed by atoms with E-state index in [1.54, 1.807) is 6.20 Å². The molecule has 36 heavy (non-hydrogen) atoms. The van der Waals surface area contributed by atoms with E-state index in [1.807, 2.05) is 36.4 Å². The van der Waals surface area contributed by atoms with Gasteiger partial charge in [-0.2, -0.15) is 0 Å². The Morgan fingerprint density at radius 1 is 1.11 bits per heavy atom. The number of aromatic nitrogens is 2. The number of hydrogen-bond donors (Lipinski definition) is 4. The minimum atomic E-state index is -0.738. The molecule has 1 aliphatic heterocycles. The largest absolute Gasteiger partial charge is 0.481 e. The van der Waals surface area contributed by atoms with Gasteiger partial charge in [0.2, 0.25) is 0 Å². The second kappa shape index (κ2) is 9.25. The average Bonchev–Trinajstić information content (AvgIpc) is 3.31. The molecule has 3 heterocycles. The summed E-state index contributed by atoms with van der Waals surface area (Å²) in [6, 6.07) is 10.9. The molecule has 0 radical (unpaired) electrons. The molecule has 7 nitrogen and oxygen atoms in total. The highest BCUT2D eigenvalue weighted by Gasteiger charge is 2.47. The molecule has 2 bridgehead atoms. The first-order valence-electron chi connectivity index (χ1n) is 12.3. The number of aromatic amines is 1. The number of aliphatic imine (C=N–C) groups is 1. The van der Waals surface area contributed by atoms with E-state index in [-0.39, 0.29) is 18.1 Å². The molecule has 182 valence electrons. The Kier molecular flexibility index (Phi) is 5.78. The molecule has 2 aromatic heterocycles. The molecule has 3 atom stereocenters. The number of H-pyrrole nitrogens is 1. The second-order valence-electron chi connectivity index (χ2n) is 9.73. The maximum atomic E-state index is 14.0. The third-order valence-electron chi connectivity index (χ3n) is 7.59. The van der Waals surface area contributed by atoms with Crippen molar-refractivity contribution in [2.75, 3.05) is 0 Å². The molecule has 0 spiro atoms. The summed E-state index contributed by atoms with van der Waals surface area (Å²) in [5.74, 6) is 5.76. The summed E-state index contributed by atoms with van der Waals surface area (Å²) in [6.45, 7) is 0. The number of allylic oxidation sites excluding steroid dienone is 1. The first-order chi connectivity index (χ1) is 17.5. The summed E-state index contributed by atoms with van der Waals surface area (Å²) in [6.07, 6.45) is 8.46. The zero-order chi connectivity index (χ0) is 24.6. The summed E-state index contributed by atoms with van der Waals surface area (Å²) < 4.78 is 14.0. The van der Waals surface area contributed by atoms with Gasteiger partial charge in [-0.15, -0.1) is 0 Å². The summed E-state index contributed by atoms with van der Waals surface area (Å²) in [7, 11) is 0. The lowest BCUT2D eigenvalue weighted by Gasteiger charge is -2.48. The fourth-order valence-corrected chi connectivity index (χ4v) is 5.92. The van der Waals surface area contributed by atoms with Crippen molar-refractivity contribution in [2.45, 2.75) is 37.9 Å². The summed E-state index contributed by atoms with van der Waals surface area (Å²) >= 11 is 0. The number of carbonyl (C=O) groups is 1. The number of nitrogens with zero attached hydrogens (tertiary/aromatic N) is 2. The van der Waals surface area contributed by atoms with Gasteiger partial charge in [-0.1, -0.05) is 24.1 Å². The van der Waals surface area contributed by atoms with Gasteiger partial charge in [0, 0.05) is 28.8 Å². The van der Waals surface area contributed by atoms with Gasteiger partial charge in [0.05, 0.1) is 12.1 Å². The molecule has 8 heteroatoms. The standard InChI is InChI=1S/C28H26FN5O2/c29-19-12-21-22(15-31-26(21)30-14-19)27-32-20(11-6-16-4-2-1-3-5-16)13-23(34-27)33-25-18-9-7-17(8-10-18)24(25)28(35)36/h1-5,12-15,17-18,23-25,33H,7-10H2,(H,30,31)(H,32,34)(H,35,36). The molecular weight excluding hydrogens is 457 g/mol. The molecule has 3 saturated carbocycles. The molecule has 3 aliphatic carbocycles. The van der Waals surface area contributed by atoms with Crippen LogP contribution in [0.15, 0.2) is 65.6 Å². The number of aliphatic carboxylic acids is 1. The van der Waals surface area contributed by atoms with Crippen LogP contribution in [0.25, 0.3) is 11.0 Å².